The maximum atomic E-state index is 12.5. The lowest BCUT2D eigenvalue weighted by atomic mass is 10.1. The van der Waals surface area contributed by atoms with Gasteiger partial charge in [-0.25, -0.2) is 4.79 Å². The monoisotopic (exact) mass is 335 g/mol. The average Bonchev–Trinajstić information content (AvgIpc) is 2.88. The third kappa shape index (κ3) is 3.62. The highest BCUT2D eigenvalue weighted by Gasteiger charge is 2.32. The lowest BCUT2D eigenvalue weighted by Crippen LogP contribution is -2.50. The summed E-state index contributed by atoms with van der Waals surface area (Å²) >= 11 is 6.05. The van der Waals surface area contributed by atoms with Crippen LogP contribution in [0.1, 0.15) is 32.5 Å². The number of hydrogen-bond acceptors (Lipinski definition) is 3. The van der Waals surface area contributed by atoms with Gasteiger partial charge in [-0.1, -0.05) is 11.6 Å². The van der Waals surface area contributed by atoms with Crippen molar-refractivity contribution in [1.82, 2.24) is 15.2 Å². The number of halogens is 1. The van der Waals surface area contributed by atoms with Crippen LogP contribution in [0.5, 0.6) is 0 Å². The van der Waals surface area contributed by atoms with Crippen LogP contribution >= 0.6 is 11.6 Å². The predicted octanol–water partition coefficient (Wildman–Crippen LogP) is 3.70. The summed E-state index contributed by atoms with van der Waals surface area (Å²) in [6.45, 7) is 7.73. The Morgan fingerprint density at radius 1 is 1.35 bits per heavy atom. The van der Waals surface area contributed by atoms with Crippen LogP contribution in [0.15, 0.2) is 24.3 Å². The standard InChI is InChI=1S/C17H22ClN3O2/c1-17(2,3)23-16(22)21-7-6-19-10-15(21)14-9-11-8-12(18)4-5-13(11)20-14/h4-5,8-9,15,19-20H,6-7,10H2,1-3H3. The average molecular weight is 336 g/mol. The molecule has 0 saturated carbocycles. The van der Waals surface area contributed by atoms with Gasteiger partial charge in [0.2, 0.25) is 0 Å². The summed E-state index contributed by atoms with van der Waals surface area (Å²) < 4.78 is 5.55. The van der Waals surface area contributed by atoms with Gasteiger partial charge in [-0.2, -0.15) is 0 Å². The molecule has 6 heteroatoms. The molecule has 1 aromatic carbocycles. The Morgan fingerprint density at radius 2 is 2.13 bits per heavy atom. The molecule has 1 saturated heterocycles. The molecule has 1 atom stereocenters. The number of rotatable bonds is 1. The minimum absolute atomic E-state index is 0.0789. The highest BCUT2D eigenvalue weighted by molar-refractivity contribution is 6.31. The van der Waals surface area contributed by atoms with E-state index in [1.165, 1.54) is 0 Å². The van der Waals surface area contributed by atoms with E-state index in [4.69, 9.17) is 16.3 Å². The number of carbonyl (C=O) groups excluding carboxylic acids is 1. The third-order valence-corrected chi connectivity index (χ3v) is 4.07. The number of fused-ring (bicyclic) bond motifs is 1. The SMILES string of the molecule is CC(C)(C)OC(=O)N1CCNCC1c1cc2cc(Cl)ccc2[nH]1. The van der Waals surface area contributed by atoms with E-state index in [9.17, 15) is 4.79 Å². The summed E-state index contributed by atoms with van der Waals surface area (Å²) in [5.41, 5.74) is 1.50. The van der Waals surface area contributed by atoms with Gasteiger partial charge in [0.05, 0.1) is 6.04 Å². The van der Waals surface area contributed by atoms with E-state index in [-0.39, 0.29) is 12.1 Å². The van der Waals surface area contributed by atoms with Crippen LogP contribution in [0.25, 0.3) is 10.9 Å². The second kappa shape index (κ2) is 6.06. The van der Waals surface area contributed by atoms with Gasteiger partial charge in [-0.05, 0) is 45.0 Å². The Balaban J connectivity index is 1.89. The molecule has 1 aromatic heterocycles. The molecule has 124 valence electrons. The first-order chi connectivity index (χ1) is 10.8. The van der Waals surface area contributed by atoms with Crippen LogP contribution < -0.4 is 5.32 Å². The van der Waals surface area contributed by atoms with Crippen molar-refractivity contribution >= 4 is 28.6 Å². The summed E-state index contributed by atoms with van der Waals surface area (Å²) in [5, 5.41) is 5.09. The molecule has 5 nitrogen and oxygen atoms in total. The molecule has 0 radical (unpaired) electrons. The number of benzene rings is 1. The second-order valence-electron chi connectivity index (χ2n) is 6.85. The van der Waals surface area contributed by atoms with Crippen molar-refractivity contribution in [1.29, 1.82) is 0 Å². The topological polar surface area (TPSA) is 57.4 Å². The number of H-pyrrole nitrogens is 1. The van der Waals surface area contributed by atoms with Gasteiger partial charge in [0.1, 0.15) is 5.60 Å². The lowest BCUT2D eigenvalue weighted by Gasteiger charge is -2.36. The molecule has 23 heavy (non-hydrogen) atoms. The highest BCUT2D eigenvalue weighted by atomic mass is 35.5. The van der Waals surface area contributed by atoms with E-state index in [0.717, 1.165) is 23.1 Å². The molecule has 0 aliphatic carbocycles. The Morgan fingerprint density at radius 3 is 2.87 bits per heavy atom. The largest absolute Gasteiger partial charge is 0.444 e. The van der Waals surface area contributed by atoms with Crippen molar-refractivity contribution in [3.8, 4) is 0 Å². The van der Waals surface area contributed by atoms with Crippen LogP contribution in [-0.2, 0) is 4.74 Å². The molecule has 2 aromatic rings. The number of nitrogens with one attached hydrogen (secondary N) is 2. The normalized spacial score (nSPS) is 19.1. The lowest BCUT2D eigenvalue weighted by molar-refractivity contribution is 0.0114. The molecule has 1 fully saturated rings. The maximum absolute atomic E-state index is 12.5. The molecule has 2 N–H and O–H groups in total. The van der Waals surface area contributed by atoms with Gasteiger partial charge in [-0.15, -0.1) is 0 Å². The molecule has 1 aliphatic rings. The van der Waals surface area contributed by atoms with Crippen molar-refractivity contribution in [3.05, 3.63) is 35.0 Å². The Hall–Kier alpha value is -1.72. The van der Waals surface area contributed by atoms with E-state index in [1.807, 2.05) is 39.0 Å². The summed E-state index contributed by atoms with van der Waals surface area (Å²) in [6, 6.07) is 7.70. The third-order valence-electron chi connectivity index (χ3n) is 3.83. The summed E-state index contributed by atoms with van der Waals surface area (Å²) in [4.78, 5) is 17.7. The molecule has 0 spiro atoms. The number of amides is 1. The molecule has 2 heterocycles. The first-order valence-electron chi connectivity index (χ1n) is 7.82. The van der Waals surface area contributed by atoms with Crippen LogP contribution in [0.3, 0.4) is 0 Å². The molecule has 1 unspecified atom stereocenters. The Bertz CT molecular complexity index is 720. The number of nitrogens with zero attached hydrogens (tertiary/aromatic N) is 1. The van der Waals surface area contributed by atoms with Crippen LogP contribution in [0, 0.1) is 0 Å². The van der Waals surface area contributed by atoms with E-state index < -0.39 is 5.60 Å². The number of ether oxygens (including phenoxy) is 1. The first kappa shape index (κ1) is 16.1. The molecular weight excluding hydrogens is 314 g/mol. The number of carbonyl (C=O) groups is 1. The predicted molar refractivity (Wildman–Crippen MR) is 91.9 cm³/mol. The zero-order valence-corrected chi connectivity index (χ0v) is 14.4. The van der Waals surface area contributed by atoms with Crippen LogP contribution in [0.4, 0.5) is 4.79 Å². The Labute approximate surface area is 140 Å². The molecule has 1 amide bonds. The van der Waals surface area contributed by atoms with Gasteiger partial charge < -0.3 is 15.0 Å². The fourth-order valence-electron chi connectivity index (χ4n) is 2.83. The van der Waals surface area contributed by atoms with E-state index >= 15 is 0 Å². The number of piperazine rings is 1. The molecule has 0 bridgehead atoms. The fourth-order valence-corrected chi connectivity index (χ4v) is 3.01. The smallest absolute Gasteiger partial charge is 0.410 e. The Kier molecular flexibility index (Phi) is 4.25. The minimum Gasteiger partial charge on any atom is -0.444 e. The van der Waals surface area contributed by atoms with Gasteiger partial charge in [-0.3, -0.25) is 4.90 Å². The van der Waals surface area contributed by atoms with E-state index in [0.29, 0.717) is 18.1 Å². The van der Waals surface area contributed by atoms with E-state index in [1.54, 1.807) is 4.90 Å². The molecule has 1 aliphatic heterocycles. The van der Waals surface area contributed by atoms with Gasteiger partial charge in [0.15, 0.2) is 0 Å². The molecule has 3 rings (SSSR count). The summed E-state index contributed by atoms with van der Waals surface area (Å²) in [6.07, 6.45) is -0.277. The van der Waals surface area contributed by atoms with Crippen molar-refractivity contribution < 1.29 is 9.53 Å². The van der Waals surface area contributed by atoms with Crippen LogP contribution in [-0.4, -0.2) is 41.2 Å². The van der Waals surface area contributed by atoms with E-state index in [2.05, 4.69) is 16.4 Å². The minimum atomic E-state index is -0.500. The van der Waals surface area contributed by atoms with Gasteiger partial charge >= 0.3 is 6.09 Å². The van der Waals surface area contributed by atoms with Gasteiger partial charge in [0.25, 0.3) is 0 Å². The fraction of sp³-hybridized carbons (Fsp3) is 0.471. The quantitative estimate of drug-likeness (QED) is 0.835. The van der Waals surface area contributed by atoms with Crippen molar-refractivity contribution in [2.75, 3.05) is 19.6 Å². The first-order valence-corrected chi connectivity index (χ1v) is 8.20. The maximum Gasteiger partial charge on any atom is 0.410 e. The summed E-state index contributed by atoms with van der Waals surface area (Å²) in [7, 11) is 0. The zero-order chi connectivity index (χ0) is 16.6. The van der Waals surface area contributed by atoms with Gasteiger partial charge in [0, 0.05) is 41.3 Å². The highest BCUT2D eigenvalue weighted by Crippen LogP contribution is 2.28. The van der Waals surface area contributed by atoms with Crippen molar-refractivity contribution in [3.63, 3.8) is 0 Å². The number of aromatic amines is 1. The van der Waals surface area contributed by atoms with Crippen LogP contribution in [0.2, 0.25) is 5.02 Å². The number of hydrogen-bond donors (Lipinski definition) is 2. The number of aromatic nitrogens is 1. The molecular formula is C17H22ClN3O2. The van der Waals surface area contributed by atoms with Crippen molar-refractivity contribution in [2.24, 2.45) is 0 Å². The van der Waals surface area contributed by atoms with Crippen molar-refractivity contribution in [2.45, 2.75) is 32.4 Å². The zero-order valence-electron chi connectivity index (χ0n) is 13.6. The summed E-state index contributed by atoms with van der Waals surface area (Å²) in [5.74, 6) is 0. The second-order valence-corrected chi connectivity index (χ2v) is 7.29.